The monoisotopic (exact) mass is 195 g/mol. The lowest BCUT2D eigenvalue weighted by molar-refractivity contribution is 0.153. The largest absolute Gasteiger partial charge is 0.448 e. The smallest absolute Gasteiger partial charge is 0.404 e. The summed E-state index contributed by atoms with van der Waals surface area (Å²) in [6.45, 7) is 2.10. The highest BCUT2D eigenvalue weighted by atomic mass is 16.5. The van der Waals surface area contributed by atoms with E-state index in [0.29, 0.717) is 0 Å². The molecule has 0 aliphatic heterocycles. The Morgan fingerprint density at radius 2 is 2.50 bits per heavy atom. The molecule has 1 amide bonds. The lowest BCUT2D eigenvalue weighted by Gasteiger charge is -2.13. The van der Waals surface area contributed by atoms with E-state index in [9.17, 15) is 4.79 Å². The third-order valence-corrected chi connectivity index (χ3v) is 1.53. The summed E-state index contributed by atoms with van der Waals surface area (Å²) in [7, 11) is 0. The van der Waals surface area contributed by atoms with Gasteiger partial charge in [-0.15, -0.1) is 0 Å². The minimum absolute atomic E-state index is 0.0163. The summed E-state index contributed by atoms with van der Waals surface area (Å²) >= 11 is 0. The number of nitrogens with two attached hydrogens (primary N) is 1. The van der Waals surface area contributed by atoms with Gasteiger partial charge in [0, 0.05) is 6.20 Å². The molecule has 0 radical (unpaired) electrons. The van der Waals surface area contributed by atoms with Crippen LogP contribution in [-0.4, -0.2) is 23.7 Å². The Hall–Kier alpha value is -1.78. The number of hydrogen-bond donors (Lipinski definition) is 2. The molecule has 0 saturated heterocycles. The molecule has 3 N–H and O–H groups in total. The number of amides is 1. The number of nitrogens with one attached hydrogen (secondary N) is 1. The van der Waals surface area contributed by atoms with Crippen molar-refractivity contribution >= 4 is 11.9 Å². The molecule has 0 aromatic carbocycles. The summed E-state index contributed by atoms with van der Waals surface area (Å²) in [5.41, 5.74) is 4.83. The molecule has 0 bridgehead atoms. The molecule has 0 aliphatic rings. The van der Waals surface area contributed by atoms with E-state index < -0.39 is 6.09 Å². The van der Waals surface area contributed by atoms with Crippen LogP contribution in [0.3, 0.4) is 0 Å². The van der Waals surface area contributed by atoms with Crippen LogP contribution in [0.4, 0.5) is 10.6 Å². The third-order valence-electron chi connectivity index (χ3n) is 1.53. The maximum absolute atomic E-state index is 10.3. The number of primary amides is 1. The number of carbonyl (C=O) groups excluding carboxylic acids is 1. The zero-order valence-electron chi connectivity index (χ0n) is 7.93. The van der Waals surface area contributed by atoms with Crippen molar-refractivity contribution in [2.75, 3.05) is 11.9 Å². The SMILES string of the molecule is CC(COC(N)=O)Nc1ccccn1. The van der Waals surface area contributed by atoms with E-state index in [1.54, 1.807) is 6.20 Å². The van der Waals surface area contributed by atoms with Crippen LogP contribution in [0.1, 0.15) is 6.92 Å². The van der Waals surface area contributed by atoms with Crippen LogP contribution in [0.5, 0.6) is 0 Å². The van der Waals surface area contributed by atoms with Gasteiger partial charge in [-0.25, -0.2) is 9.78 Å². The summed E-state index contributed by atoms with van der Waals surface area (Å²) in [4.78, 5) is 14.4. The van der Waals surface area contributed by atoms with Gasteiger partial charge in [-0.3, -0.25) is 0 Å². The first-order valence-electron chi connectivity index (χ1n) is 4.28. The van der Waals surface area contributed by atoms with Gasteiger partial charge in [0.25, 0.3) is 0 Å². The number of hydrogen-bond acceptors (Lipinski definition) is 4. The maximum atomic E-state index is 10.3. The van der Waals surface area contributed by atoms with Crippen LogP contribution in [0.2, 0.25) is 0 Å². The van der Waals surface area contributed by atoms with Crippen LogP contribution in [-0.2, 0) is 4.74 Å². The summed E-state index contributed by atoms with van der Waals surface area (Å²) in [5.74, 6) is 0.744. The molecule has 1 unspecified atom stereocenters. The Morgan fingerprint density at radius 3 is 3.07 bits per heavy atom. The normalized spacial score (nSPS) is 11.8. The van der Waals surface area contributed by atoms with E-state index in [0.717, 1.165) is 5.82 Å². The molecular weight excluding hydrogens is 182 g/mol. The quantitative estimate of drug-likeness (QED) is 0.750. The number of carbonyl (C=O) groups is 1. The van der Waals surface area contributed by atoms with Crippen molar-refractivity contribution in [3.63, 3.8) is 0 Å². The van der Waals surface area contributed by atoms with Crippen LogP contribution in [0.15, 0.2) is 24.4 Å². The molecule has 0 saturated carbocycles. The summed E-state index contributed by atoms with van der Waals surface area (Å²) in [6.07, 6.45) is 0.920. The predicted octanol–water partition coefficient (Wildman–Crippen LogP) is 0.977. The van der Waals surface area contributed by atoms with E-state index in [4.69, 9.17) is 5.73 Å². The van der Waals surface area contributed by atoms with E-state index in [1.165, 1.54) is 0 Å². The van der Waals surface area contributed by atoms with Crippen LogP contribution in [0.25, 0.3) is 0 Å². The molecule has 0 spiro atoms. The number of anilines is 1. The van der Waals surface area contributed by atoms with E-state index >= 15 is 0 Å². The van der Waals surface area contributed by atoms with Crippen LogP contribution >= 0.6 is 0 Å². The van der Waals surface area contributed by atoms with Gasteiger partial charge in [0.05, 0.1) is 6.04 Å². The van der Waals surface area contributed by atoms with Crippen molar-refractivity contribution in [3.05, 3.63) is 24.4 Å². The molecule has 1 heterocycles. The highest BCUT2D eigenvalue weighted by Gasteiger charge is 2.04. The molecule has 1 rings (SSSR count). The van der Waals surface area contributed by atoms with Crippen molar-refractivity contribution in [2.45, 2.75) is 13.0 Å². The Bertz CT molecular complexity index is 289. The number of ether oxygens (including phenoxy) is 1. The minimum atomic E-state index is -0.764. The molecule has 1 aromatic heterocycles. The molecule has 76 valence electrons. The van der Waals surface area contributed by atoms with Gasteiger partial charge in [0.1, 0.15) is 12.4 Å². The molecule has 1 atom stereocenters. The molecule has 5 heteroatoms. The van der Waals surface area contributed by atoms with Gasteiger partial charge in [-0.2, -0.15) is 0 Å². The first kappa shape index (κ1) is 10.3. The average Bonchev–Trinajstić information content (AvgIpc) is 2.16. The van der Waals surface area contributed by atoms with Crippen molar-refractivity contribution in [1.82, 2.24) is 4.98 Å². The second kappa shape index (κ2) is 5.06. The fraction of sp³-hybridized carbons (Fsp3) is 0.333. The Morgan fingerprint density at radius 1 is 1.71 bits per heavy atom. The van der Waals surface area contributed by atoms with Gasteiger partial charge in [-0.05, 0) is 19.1 Å². The number of nitrogens with zero attached hydrogens (tertiary/aromatic N) is 1. The average molecular weight is 195 g/mol. The van der Waals surface area contributed by atoms with Gasteiger partial charge in [0.15, 0.2) is 0 Å². The standard InChI is InChI=1S/C9H13N3O2/c1-7(6-14-9(10)13)12-8-4-2-3-5-11-8/h2-5,7H,6H2,1H3,(H2,10,13)(H,11,12). The molecule has 1 aromatic rings. The Kier molecular flexibility index (Phi) is 3.72. The van der Waals surface area contributed by atoms with Gasteiger partial charge < -0.3 is 15.8 Å². The van der Waals surface area contributed by atoms with E-state index in [2.05, 4.69) is 15.0 Å². The Balaban J connectivity index is 2.34. The molecular formula is C9H13N3O2. The van der Waals surface area contributed by atoms with Crippen molar-refractivity contribution in [3.8, 4) is 0 Å². The van der Waals surface area contributed by atoms with E-state index in [-0.39, 0.29) is 12.6 Å². The zero-order valence-corrected chi connectivity index (χ0v) is 7.93. The van der Waals surface area contributed by atoms with Gasteiger partial charge in [0.2, 0.25) is 0 Å². The highest BCUT2D eigenvalue weighted by Crippen LogP contribution is 2.02. The minimum Gasteiger partial charge on any atom is -0.448 e. The van der Waals surface area contributed by atoms with Gasteiger partial charge in [-0.1, -0.05) is 6.07 Å². The number of aromatic nitrogens is 1. The van der Waals surface area contributed by atoms with Gasteiger partial charge >= 0.3 is 6.09 Å². The fourth-order valence-corrected chi connectivity index (χ4v) is 0.949. The first-order valence-corrected chi connectivity index (χ1v) is 4.28. The Labute approximate surface area is 82.3 Å². The van der Waals surface area contributed by atoms with Crippen molar-refractivity contribution in [2.24, 2.45) is 5.73 Å². The summed E-state index contributed by atoms with van der Waals surface area (Å²) in [5, 5.41) is 3.05. The molecule has 0 aliphatic carbocycles. The summed E-state index contributed by atoms with van der Waals surface area (Å²) < 4.78 is 4.62. The molecule has 0 fully saturated rings. The lowest BCUT2D eigenvalue weighted by atomic mass is 10.3. The third kappa shape index (κ3) is 3.75. The fourth-order valence-electron chi connectivity index (χ4n) is 0.949. The lowest BCUT2D eigenvalue weighted by Crippen LogP contribution is -2.26. The van der Waals surface area contributed by atoms with Crippen LogP contribution in [0, 0.1) is 0 Å². The van der Waals surface area contributed by atoms with Crippen LogP contribution < -0.4 is 11.1 Å². The number of pyridine rings is 1. The first-order chi connectivity index (χ1) is 6.68. The topological polar surface area (TPSA) is 77.2 Å². The maximum Gasteiger partial charge on any atom is 0.404 e. The molecule has 5 nitrogen and oxygen atoms in total. The molecule has 14 heavy (non-hydrogen) atoms. The van der Waals surface area contributed by atoms with E-state index in [1.807, 2.05) is 25.1 Å². The zero-order chi connectivity index (χ0) is 10.4. The summed E-state index contributed by atoms with van der Waals surface area (Å²) in [6, 6.07) is 5.52. The second-order valence-electron chi connectivity index (χ2n) is 2.89. The van der Waals surface area contributed by atoms with Crippen molar-refractivity contribution in [1.29, 1.82) is 0 Å². The second-order valence-corrected chi connectivity index (χ2v) is 2.89. The highest BCUT2D eigenvalue weighted by molar-refractivity contribution is 5.64. The predicted molar refractivity (Wildman–Crippen MR) is 52.9 cm³/mol. The van der Waals surface area contributed by atoms with Crippen molar-refractivity contribution < 1.29 is 9.53 Å². The number of rotatable bonds is 4.